The van der Waals surface area contributed by atoms with Crippen molar-refractivity contribution in [2.75, 3.05) is 0 Å². The molecule has 1 saturated heterocycles. The first-order chi connectivity index (χ1) is 13.3. The maximum absolute atomic E-state index is 14.7. The fourth-order valence-corrected chi connectivity index (χ4v) is 3.62. The number of rotatable bonds is 5. The molecule has 11 heteroatoms. The van der Waals surface area contributed by atoms with Crippen LogP contribution in [0.25, 0.3) is 0 Å². The first-order valence-corrected chi connectivity index (χ1v) is 9.06. The predicted octanol–water partition coefficient (Wildman–Crippen LogP) is 0.169. The number of hydrogen-bond donors (Lipinski definition) is 3. The number of nitrogens with one attached hydrogen (secondary N) is 1. The number of benzene rings is 1. The Morgan fingerprint density at radius 3 is 2.54 bits per heavy atom. The zero-order valence-electron chi connectivity index (χ0n) is 14.5. The quantitative estimate of drug-likeness (QED) is 0.360. The molecular formula is C17H17FN2O7S. The van der Waals surface area contributed by atoms with Gasteiger partial charge in [0.15, 0.2) is 11.7 Å². The Kier molecular flexibility index (Phi) is 5.98. The maximum Gasteiger partial charge on any atom is 0.330 e. The Morgan fingerprint density at radius 1 is 1.25 bits per heavy atom. The fraction of sp³-hybridized carbons (Fsp3) is 0.353. The minimum Gasteiger partial charge on any atom is -0.427 e. The Hall–Kier alpha value is -2.47. The largest absolute Gasteiger partial charge is 0.427 e. The molecule has 150 valence electrons. The molecule has 0 saturated carbocycles. The Morgan fingerprint density at radius 2 is 1.93 bits per heavy atom. The van der Waals surface area contributed by atoms with E-state index in [0.717, 1.165) is 28.6 Å². The molecule has 3 N–H and O–H groups in total. The molecule has 3 rings (SSSR count). The van der Waals surface area contributed by atoms with Crippen LogP contribution >= 0.6 is 11.8 Å². The van der Waals surface area contributed by atoms with Gasteiger partial charge in [0.25, 0.3) is 5.56 Å². The van der Waals surface area contributed by atoms with Crippen molar-refractivity contribution < 1.29 is 28.9 Å². The molecule has 1 aromatic heterocycles. The van der Waals surface area contributed by atoms with Crippen molar-refractivity contribution in [3.05, 3.63) is 57.4 Å². The Balaban J connectivity index is 1.71. The van der Waals surface area contributed by atoms with E-state index in [1.807, 2.05) is 4.98 Å². The van der Waals surface area contributed by atoms with Gasteiger partial charge >= 0.3 is 11.7 Å². The van der Waals surface area contributed by atoms with Crippen molar-refractivity contribution in [2.24, 2.45) is 0 Å². The summed E-state index contributed by atoms with van der Waals surface area (Å²) in [4.78, 5) is 36.4. The van der Waals surface area contributed by atoms with Gasteiger partial charge < -0.3 is 19.7 Å². The lowest BCUT2D eigenvalue weighted by Crippen LogP contribution is -2.38. The van der Waals surface area contributed by atoms with Gasteiger partial charge in [-0.3, -0.25) is 19.1 Å². The molecule has 0 aliphatic carbocycles. The van der Waals surface area contributed by atoms with E-state index in [1.54, 1.807) is 0 Å². The molecule has 1 aromatic carbocycles. The average Bonchev–Trinajstić information content (AvgIpc) is 2.92. The van der Waals surface area contributed by atoms with E-state index in [2.05, 4.69) is 0 Å². The zero-order chi connectivity index (χ0) is 20.4. The van der Waals surface area contributed by atoms with E-state index in [0.29, 0.717) is 10.6 Å². The highest BCUT2D eigenvalue weighted by atomic mass is 32.2. The minimum atomic E-state index is -1.77. The Bertz CT molecular complexity index is 961. The summed E-state index contributed by atoms with van der Waals surface area (Å²) >= 11 is 0.730. The van der Waals surface area contributed by atoms with Gasteiger partial charge in [0.2, 0.25) is 0 Å². The van der Waals surface area contributed by atoms with E-state index in [-0.39, 0.29) is 0 Å². The summed E-state index contributed by atoms with van der Waals surface area (Å²) in [5.41, 5.74) is -3.26. The number of carbonyl (C=O) groups excluding carboxylic acids is 1. The van der Waals surface area contributed by atoms with Crippen LogP contribution in [0.5, 0.6) is 5.75 Å². The number of carbonyl (C=O) groups is 1. The summed E-state index contributed by atoms with van der Waals surface area (Å²) < 4.78 is 25.9. The maximum atomic E-state index is 14.7. The van der Waals surface area contributed by atoms with Crippen LogP contribution in [0.2, 0.25) is 0 Å². The van der Waals surface area contributed by atoms with Crippen molar-refractivity contribution >= 4 is 17.7 Å². The zero-order valence-corrected chi connectivity index (χ0v) is 15.3. The van der Waals surface area contributed by atoms with Crippen LogP contribution in [0, 0.1) is 0 Å². The lowest BCUT2D eigenvalue weighted by Gasteiger charge is -2.19. The molecule has 2 heterocycles. The summed E-state index contributed by atoms with van der Waals surface area (Å²) in [5.74, 6) is -0.180. The molecule has 0 amide bonds. The van der Waals surface area contributed by atoms with Gasteiger partial charge in [-0.15, -0.1) is 0 Å². The molecule has 0 bridgehead atoms. The number of alkyl halides is 1. The summed E-state index contributed by atoms with van der Waals surface area (Å²) in [6.45, 7) is 1.26. The molecule has 0 spiro atoms. The second-order valence-electron chi connectivity index (χ2n) is 6.02. The van der Waals surface area contributed by atoms with E-state index in [4.69, 9.17) is 9.47 Å². The van der Waals surface area contributed by atoms with Crippen LogP contribution < -0.4 is 16.0 Å². The summed E-state index contributed by atoms with van der Waals surface area (Å²) in [5, 5.41) is 20.3. The molecule has 9 nitrogen and oxygen atoms in total. The second-order valence-corrected chi connectivity index (χ2v) is 7.18. The van der Waals surface area contributed by atoms with Crippen molar-refractivity contribution in [3.8, 4) is 5.75 Å². The van der Waals surface area contributed by atoms with Crippen LogP contribution in [-0.4, -0.2) is 49.5 Å². The molecule has 0 radical (unpaired) electrons. The van der Waals surface area contributed by atoms with Crippen LogP contribution in [0.1, 0.15) is 13.2 Å². The number of aromatic nitrogens is 2. The average molecular weight is 412 g/mol. The smallest absolute Gasteiger partial charge is 0.330 e. The third-order valence-corrected chi connectivity index (χ3v) is 5.03. The first-order valence-electron chi connectivity index (χ1n) is 8.18. The standard InChI is InChI=1S/C17H17FN2O7S/c1-8(21)26-9-2-4-10(5-3-9)28-15(18)14-12(23)13(24)16(27-14)20-7-6-11(22)19-17(20)25/h2-7,12-16,23-24H,1H3,(H,19,22,25)/t12-,13+,14-,15?,16+/m0/s1. The van der Waals surface area contributed by atoms with Crippen LogP contribution in [-0.2, 0) is 9.53 Å². The Labute approximate surface area is 161 Å². The summed E-state index contributed by atoms with van der Waals surface area (Å²) in [6, 6.07) is 7.07. The first kappa shape index (κ1) is 20.3. The molecule has 2 aromatic rings. The van der Waals surface area contributed by atoms with Gasteiger partial charge in [0, 0.05) is 24.1 Å². The van der Waals surface area contributed by atoms with Crippen LogP contribution in [0.15, 0.2) is 51.0 Å². The number of aliphatic hydroxyl groups excluding tert-OH is 2. The molecule has 1 aliphatic rings. The van der Waals surface area contributed by atoms with E-state index >= 15 is 0 Å². The monoisotopic (exact) mass is 412 g/mol. The lowest BCUT2D eigenvalue weighted by atomic mass is 10.1. The van der Waals surface area contributed by atoms with Gasteiger partial charge in [-0.25, -0.2) is 9.18 Å². The highest BCUT2D eigenvalue weighted by Gasteiger charge is 2.48. The molecule has 28 heavy (non-hydrogen) atoms. The second kappa shape index (κ2) is 8.27. The van der Waals surface area contributed by atoms with Crippen molar-refractivity contribution in [1.29, 1.82) is 0 Å². The number of esters is 1. The van der Waals surface area contributed by atoms with Gasteiger partial charge in [-0.2, -0.15) is 0 Å². The molecular weight excluding hydrogens is 395 g/mol. The molecule has 1 aliphatic heterocycles. The number of aliphatic hydroxyl groups is 2. The summed E-state index contributed by atoms with van der Waals surface area (Å²) in [6.07, 6.45) is -4.84. The highest BCUT2D eigenvalue weighted by molar-refractivity contribution is 7.99. The van der Waals surface area contributed by atoms with Crippen molar-refractivity contribution in [2.45, 2.75) is 41.9 Å². The third kappa shape index (κ3) is 4.33. The van der Waals surface area contributed by atoms with Gasteiger partial charge in [-0.05, 0) is 24.3 Å². The number of aromatic amines is 1. The SMILES string of the molecule is CC(=O)Oc1ccc(SC(F)[C@H]2O[C@@H](n3ccc(=O)[nH]c3=O)[C@H](O)[C@@H]2O)cc1. The minimum absolute atomic E-state index is 0.303. The van der Waals surface area contributed by atoms with Crippen LogP contribution in [0.4, 0.5) is 4.39 Å². The van der Waals surface area contributed by atoms with Gasteiger partial charge in [0.1, 0.15) is 24.1 Å². The molecule has 5 atom stereocenters. The predicted molar refractivity (Wildman–Crippen MR) is 95.8 cm³/mol. The number of ether oxygens (including phenoxy) is 2. The molecule has 1 fully saturated rings. The lowest BCUT2D eigenvalue weighted by molar-refractivity contribution is -0.131. The van der Waals surface area contributed by atoms with Crippen LogP contribution in [0.3, 0.4) is 0 Å². The number of halogens is 1. The summed E-state index contributed by atoms with van der Waals surface area (Å²) in [7, 11) is 0. The number of H-pyrrole nitrogens is 1. The van der Waals surface area contributed by atoms with E-state index in [1.165, 1.54) is 31.2 Å². The molecule has 1 unspecified atom stereocenters. The fourth-order valence-electron chi connectivity index (χ4n) is 2.71. The van der Waals surface area contributed by atoms with E-state index < -0.39 is 47.3 Å². The number of thioether (sulfide) groups is 1. The number of hydrogen-bond acceptors (Lipinski definition) is 8. The normalized spacial score (nSPS) is 25.4. The van der Waals surface area contributed by atoms with Gasteiger partial charge in [-0.1, -0.05) is 11.8 Å². The van der Waals surface area contributed by atoms with E-state index in [9.17, 15) is 29.0 Å². The highest BCUT2D eigenvalue weighted by Crippen LogP contribution is 2.37. The van der Waals surface area contributed by atoms with Crippen molar-refractivity contribution in [3.63, 3.8) is 0 Å². The van der Waals surface area contributed by atoms with Gasteiger partial charge in [0.05, 0.1) is 0 Å². The van der Waals surface area contributed by atoms with Crippen molar-refractivity contribution in [1.82, 2.24) is 9.55 Å². The third-order valence-electron chi connectivity index (χ3n) is 3.99. The number of nitrogens with zero attached hydrogens (tertiary/aromatic N) is 1. The topological polar surface area (TPSA) is 131 Å².